The number of allylic oxidation sites excluding steroid dienone is 1. The number of carbonyl (C=O) groups is 1. The van der Waals surface area contributed by atoms with Crippen LogP contribution >= 0.6 is 0 Å². The van der Waals surface area contributed by atoms with Gasteiger partial charge in [0.05, 0.1) is 0 Å². The average molecular weight is 353 g/mol. The molecule has 0 rings (SSSR count). The maximum Gasteiger partial charge on any atom is 0.302 e. The third-order valence-electron chi connectivity index (χ3n) is 4.77. The van der Waals surface area contributed by atoms with E-state index >= 15 is 0 Å². The van der Waals surface area contributed by atoms with Crippen molar-refractivity contribution in [1.29, 1.82) is 0 Å². The summed E-state index contributed by atoms with van der Waals surface area (Å²) in [5.74, 6) is -0.202. The quantitative estimate of drug-likeness (QED) is 0.135. The van der Waals surface area contributed by atoms with Gasteiger partial charge in [0.15, 0.2) is 0 Å². The highest BCUT2D eigenvalue weighted by atomic mass is 16.5. The van der Waals surface area contributed by atoms with Gasteiger partial charge in [-0.2, -0.15) is 0 Å². The predicted molar refractivity (Wildman–Crippen MR) is 110 cm³/mol. The third kappa shape index (κ3) is 23.2. The highest BCUT2D eigenvalue weighted by Crippen LogP contribution is 2.14. The zero-order valence-electron chi connectivity index (χ0n) is 17.2. The standard InChI is InChI=1S/C23H44O2/c1-3-4-5-6-7-8-9-10-11-12-13-14-15-16-17-18-19-20-21-22-25-23(2)24/h20-21H,3-19,22H2,1-2H3. The molecule has 0 heterocycles. The molecule has 0 fully saturated rings. The first-order chi connectivity index (χ1) is 12.3. The zero-order valence-corrected chi connectivity index (χ0v) is 17.2. The van der Waals surface area contributed by atoms with Crippen LogP contribution in [-0.2, 0) is 9.53 Å². The van der Waals surface area contributed by atoms with Gasteiger partial charge in [-0.15, -0.1) is 0 Å². The summed E-state index contributed by atoms with van der Waals surface area (Å²) in [6, 6.07) is 0. The minimum Gasteiger partial charge on any atom is -0.462 e. The highest BCUT2D eigenvalue weighted by Gasteiger charge is 1.94. The molecular formula is C23H44O2. The molecule has 0 saturated heterocycles. The number of rotatable bonds is 19. The molecule has 0 bridgehead atoms. The van der Waals surface area contributed by atoms with Gasteiger partial charge in [-0.25, -0.2) is 0 Å². The Bertz CT molecular complexity index is 296. The Balaban J connectivity index is 3.04. The van der Waals surface area contributed by atoms with Crippen LogP contribution in [0.25, 0.3) is 0 Å². The van der Waals surface area contributed by atoms with E-state index in [9.17, 15) is 4.79 Å². The molecule has 0 atom stereocenters. The Morgan fingerprint density at radius 3 is 1.44 bits per heavy atom. The van der Waals surface area contributed by atoms with Crippen LogP contribution in [0.2, 0.25) is 0 Å². The Labute approximate surface area is 157 Å². The lowest BCUT2D eigenvalue weighted by Crippen LogP contribution is -1.97. The lowest BCUT2D eigenvalue weighted by atomic mass is 10.0. The molecule has 0 radical (unpaired) electrons. The van der Waals surface area contributed by atoms with Gasteiger partial charge < -0.3 is 4.74 Å². The predicted octanol–water partition coefficient (Wildman–Crippen LogP) is 7.76. The van der Waals surface area contributed by atoms with Crippen molar-refractivity contribution < 1.29 is 9.53 Å². The van der Waals surface area contributed by atoms with Gasteiger partial charge in [-0.3, -0.25) is 4.79 Å². The topological polar surface area (TPSA) is 26.3 Å². The molecule has 0 spiro atoms. The number of unbranched alkanes of at least 4 members (excludes halogenated alkanes) is 16. The number of carbonyl (C=O) groups excluding carboxylic acids is 1. The van der Waals surface area contributed by atoms with E-state index in [0.29, 0.717) is 6.61 Å². The first kappa shape index (κ1) is 24.2. The molecular weight excluding hydrogens is 308 g/mol. The summed E-state index contributed by atoms with van der Waals surface area (Å²) in [4.78, 5) is 10.6. The Morgan fingerprint density at radius 1 is 0.640 bits per heavy atom. The Morgan fingerprint density at radius 2 is 1.04 bits per heavy atom. The maximum absolute atomic E-state index is 10.6. The molecule has 0 aliphatic carbocycles. The van der Waals surface area contributed by atoms with Crippen molar-refractivity contribution in [3.8, 4) is 0 Å². The molecule has 0 amide bonds. The number of ether oxygens (including phenoxy) is 1. The maximum atomic E-state index is 10.6. The summed E-state index contributed by atoms with van der Waals surface area (Å²) < 4.78 is 4.85. The fourth-order valence-corrected chi connectivity index (χ4v) is 3.16. The average Bonchev–Trinajstić information content (AvgIpc) is 2.60. The fraction of sp³-hybridized carbons (Fsp3) is 0.870. The summed E-state index contributed by atoms with van der Waals surface area (Å²) in [7, 11) is 0. The van der Waals surface area contributed by atoms with E-state index in [1.165, 1.54) is 110 Å². The molecule has 0 aliphatic rings. The van der Waals surface area contributed by atoms with E-state index in [1.54, 1.807) is 0 Å². The monoisotopic (exact) mass is 352 g/mol. The van der Waals surface area contributed by atoms with Crippen LogP contribution in [0, 0.1) is 0 Å². The van der Waals surface area contributed by atoms with E-state index in [1.807, 2.05) is 6.08 Å². The lowest BCUT2D eigenvalue weighted by molar-refractivity contribution is -0.139. The summed E-state index contributed by atoms with van der Waals surface area (Å²) in [5, 5.41) is 0. The van der Waals surface area contributed by atoms with Crippen LogP contribution in [0.3, 0.4) is 0 Å². The van der Waals surface area contributed by atoms with Crippen LogP contribution in [0.5, 0.6) is 0 Å². The molecule has 0 aromatic carbocycles. The first-order valence-corrected chi connectivity index (χ1v) is 11.1. The number of hydrogen-bond acceptors (Lipinski definition) is 2. The summed E-state index contributed by atoms with van der Waals surface area (Å²) in [6.45, 7) is 4.16. The van der Waals surface area contributed by atoms with Crippen molar-refractivity contribution in [2.45, 2.75) is 123 Å². The second kappa shape index (κ2) is 21.3. The van der Waals surface area contributed by atoms with Gasteiger partial charge >= 0.3 is 5.97 Å². The van der Waals surface area contributed by atoms with Gasteiger partial charge in [-0.05, 0) is 12.8 Å². The number of esters is 1. The third-order valence-corrected chi connectivity index (χ3v) is 4.77. The highest BCUT2D eigenvalue weighted by molar-refractivity contribution is 5.65. The molecule has 2 nitrogen and oxygen atoms in total. The van der Waals surface area contributed by atoms with Crippen LogP contribution in [0.15, 0.2) is 12.2 Å². The molecule has 0 saturated carbocycles. The van der Waals surface area contributed by atoms with Gasteiger partial charge in [-0.1, -0.05) is 115 Å². The molecule has 0 aliphatic heterocycles. The molecule has 25 heavy (non-hydrogen) atoms. The van der Waals surface area contributed by atoms with Crippen LogP contribution in [0.1, 0.15) is 123 Å². The second-order valence-electron chi connectivity index (χ2n) is 7.37. The van der Waals surface area contributed by atoms with Gasteiger partial charge in [0.1, 0.15) is 6.61 Å². The molecule has 2 heteroatoms. The normalized spacial score (nSPS) is 11.3. The van der Waals surface area contributed by atoms with Crippen molar-refractivity contribution in [3.63, 3.8) is 0 Å². The smallest absolute Gasteiger partial charge is 0.302 e. The van der Waals surface area contributed by atoms with Gasteiger partial charge in [0.25, 0.3) is 0 Å². The van der Waals surface area contributed by atoms with Crippen molar-refractivity contribution in [1.82, 2.24) is 0 Å². The van der Waals surface area contributed by atoms with E-state index in [-0.39, 0.29) is 5.97 Å². The fourth-order valence-electron chi connectivity index (χ4n) is 3.16. The minimum absolute atomic E-state index is 0.202. The SMILES string of the molecule is CCCCCCCCCCCCCCCCCCC=CCOC(C)=O. The second-order valence-corrected chi connectivity index (χ2v) is 7.37. The largest absolute Gasteiger partial charge is 0.462 e. The van der Waals surface area contributed by atoms with Crippen LogP contribution in [0.4, 0.5) is 0 Å². The first-order valence-electron chi connectivity index (χ1n) is 11.1. The van der Waals surface area contributed by atoms with Crippen LogP contribution < -0.4 is 0 Å². The van der Waals surface area contributed by atoms with Crippen molar-refractivity contribution in [3.05, 3.63) is 12.2 Å². The van der Waals surface area contributed by atoms with Crippen LogP contribution in [-0.4, -0.2) is 12.6 Å². The van der Waals surface area contributed by atoms with E-state index in [0.717, 1.165) is 6.42 Å². The Hall–Kier alpha value is -0.790. The van der Waals surface area contributed by atoms with Crippen molar-refractivity contribution >= 4 is 5.97 Å². The zero-order chi connectivity index (χ0) is 18.4. The van der Waals surface area contributed by atoms with Crippen molar-refractivity contribution in [2.75, 3.05) is 6.61 Å². The lowest BCUT2D eigenvalue weighted by Gasteiger charge is -2.03. The summed E-state index contributed by atoms with van der Waals surface area (Å²) >= 11 is 0. The molecule has 0 N–H and O–H groups in total. The summed E-state index contributed by atoms with van der Waals surface area (Å²) in [5.41, 5.74) is 0. The molecule has 148 valence electrons. The summed E-state index contributed by atoms with van der Waals surface area (Å²) in [6.07, 6.45) is 27.8. The molecule has 0 aromatic heterocycles. The van der Waals surface area contributed by atoms with Gasteiger partial charge in [0, 0.05) is 6.92 Å². The molecule has 0 aromatic rings. The minimum atomic E-state index is -0.202. The van der Waals surface area contributed by atoms with E-state index in [4.69, 9.17) is 4.74 Å². The Kier molecular flexibility index (Phi) is 20.6. The van der Waals surface area contributed by atoms with E-state index in [2.05, 4.69) is 13.0 Å². The van der Waals surface area contributed by atoms with Crippen molar-refractivity contribution in [2.24, 2.45) is 0 Å². The number of hydrogen-bond donors (Lipinski definition) is 0. The van der Waals surface area contributed by atoms with E-state index < -0.39 is 0 Å². The molecule has 0 unspecified atom stereocenters. The van der Waals surface area contributed by atoms with Gasteiger partial charge in [0.2, 0.25) is 0 Å².